The SMILES string of the molecule is CC(NCC(=O)N1CCN(c2ccccc2)CC1)C1CC1. The average molecular weight is 287 g/mol. The topological polar surface area (TPSA) is 35.6 Å². The molecule has 1 unspecified atom stereocenters. The number of amides is 1. The van der Waals surface area contributed by atoms with Crippen LogP contribution in [0.5, 0.6) is 0 Å². The van der Waals surface area contributed by atoms with Crippen molar-refractivity contribution in [3.05, 3.63) is 30.3 Å². The fourth-order valence-corrected chi connectivity index (χ4v) is 2.98. The zero-order valence-corrected chi connectivity index (χ0v) is 12.8. The fraction of sp³-hybridized carbons (Fsp3) is 0.588. The molecule has 114 valence electrons. The lowest BCUT2D eigenvalue weighted by atomic mass is 10.2. The van der Waals surface area contributed by atoms with Crippen LogP contribution in [0.15, 0.2) is 30.3 Å². The maximum Gasteiger partial charge on any atom is 0.236 e. The average Bonchev–Trinajstić information content (AvgIpc) is 3.38. The number of nitrogens with zero attached hydrogens (tertiary/aromatic N) is 2. The molecule has 1 aliphatic heterocycles. The van der Waals surface area contributed by atoms with Gasteiger partial charge >= 0.3 is 0 Å². The molecule has 2 fully saturated rings. The Hall–Kier alpha value is -1.55. The molecule has 1 amide bonds. The van der Waals surface area contributed by atoms with Gasteiger partial charge in [-0.05, 0) is 37.8 Å². The van der Waals surface area contributed by atoms with Crippen LogP contribution < -0.4 is 10.2 Å². The van der Waals surface area contributed by atoms with Crippen LogP contribution in [0.1, 0.15) is 19.8 Å². The molecule has 0 aromatic heterocycles. The van der Waals surface area contributed by atoms with Gasteiger partial charge in [0.25, 0.3) is 0 Å². The van der Waals surface area contributed by atoms with Gasteiger partial charge in [-0.25, -0.2) is 0 Å². The minimum absolute atomic E-state index is 0.246. The highest BCUT2D eigenvalue weighted by Crippen LogP contribution is 2.32. The minimum Gasteiger partial charge on any atom is -0.368 e. The van der Waals surface area contributed by atoms with Crippen LogP contribution in [0.4, 0.5) is 5.69 Å². The summed E-state index contributed by atoms with van der Waals surface area (Å²) in [5.74, 6) is 1.04. The van der Waals surface area contributed by atoms with Crippen LogP contribution in [-0.2, 0) is 4.79 Å². The summed E-state index contributed by atoms with van der Waals surface area (Å²) >= 11 is 0. The molecule has 2 aliphatic rings. The second-order valence-electron chi connectivity index (χ2n) is 6.21. The Morgan fingerprint density at radius 2 is 1.86 bits per heavy atom. The van der Waals surface area contributed by atoms with Crippen molar-refractivity contribution >= 4 is 11.6 Å². The van der Waals surface area contributed by atoms with E-state index in [4.69, 9.17) is 0 Å². The zero-order chi connectivity index (χ0) is 14.7. The molecule has 0 bridgehead atoms. The van der Waals surface area contributed by atoms with Crippen molar-refractivity contribution in [3.8, 4) is 0 Å². The molecule has 1 aromatic carbocycles. The summed E-state index contributed by atoms with van der Waals surface area (Å²) in [7, 11) is 0. The third-order valence-electron chi connectivity index (χ3n) is 4.66. The highest BCUT2D eigenvalue weighted by atomic mass is 16.2. The molecule has 1 heterocycles. The van der Waals surface area contributed by atoms with E-state index in [1.165, 1.54) is 18.5 Å². The summed E-state index contributed by atoms with van der Waals surface area (Å²) in [5.41, 5.74) is 1.25. The second-order valence-corrected chi connectivity index (χ2v) is 6.21. The maximum absolute atomic E-state index is 12.2. The van der Waals surface area contributed by atoms with E-state index < -0.39 is 0 Å². The summed E-state index contributed by atoms with van der Waals surface area (Å²) in [6, 6.07) is 10.9. The lowest BCUT2D eigenvalue weighted by molar-refractivity contribution is -0.130. The standard InChI is InChI=1S/C17H25N3O/c1-14(15-7-8-15)18-13-17(21)20-11-9-19(10-12-20)16-5-3-2-4-6-16/h2-6,14-15,18H,7-13H2,1H3. The third kappa shape index (κ3) is 3.76. The van der Waals surface area contributed by atoms with E-state index in [1.54, 1.807) is 0 Å². The van der Waals surface area contributed by atoms with E-state index in [-0.39, 0.29) is 5.91 Å². The first-order valence-corrected chi connectivity index (χ1v) is 8.05. The number of benzene rings is 1. The molecular formula is C17H25N3O. The number of carbonyl (C=O) groups is 1. The molecule has 3 rings (SSSR count). The molecule has 1 aliphatic carbocycles. The van der Waals surface area contributed by atoms with Crippen molar-refractivity contribution in [2.75, 3.05) is 37.6 Å². The van der Waals surface area contributed by atoms with Crippen LogP contribution in [0.3, 0.4) is 0 Å². The predicted molar refractivity (Wildman–Crippen MR) is 85.4 cm³/mol. The van der Waals surface area contributed by atoms with Crippen molar-refractivity contribution < 1.29 is 4.79 Å². The van der Waals surface area contributed by atoms with Gasteiger partial charge in [0, 0.05) is 37.9 Å². The van der Waals surface area contributed by atoms with Crippen molar-refractivity contribution in [3.63, 3.8) is 0 Å². The van der Waals surface area contributed by atoms with Gasteiger partial charge in [-0.1, -0.05) is 18.2 Å². The fourth-order valence-electron chi connectivity index (χ4n) is 2.98. The quantitative estimate of drug-likeness (QED) is 0.896. The third-order valence-corrected chi connectivity index (χ3v) is 4.66. The summed E-state index contributed by atoms with van der Waals surface area (Å²) in [6.07, 6.45) is 2.64. The normalized spacial score (nSPS) is 20.4. The van der Waals surface area contributed by atoms with Gasteiger partial charge in [0.1, 0.15) is 0 Å². The molecule has 4 nitrogen and oxygen atoms in total. The van der Waals surface area contributed by atoms with E-state index in [0.717, 1.165) is 32.1 Å². The Morgan fingerprint density at radius 3 is 2.48 bits per heavy atom. The largest absolute Gasteiger partial charge is 0.368 e. The van der Waals surface area contributed by atoms with Crippen molar-refractivity contribution in [2.45, 2.75) is 25.8 Å². The Morgan fingerprint density at radius 1 is 1.19 bits per heavy atom. The van der Waals surface area contributed by atoms with Gasteiger partial charge in [-0.15, -0.1) is 0 Å². The van der Waals surface area contributed by atoms with Crippen LogP contribution >= 0.6 is 0 Å². The summed E-state index contributed by atoms with van der Waals surface area (Å²) in [6.45, 7) is 6.18. The van der Waals surface area contributed by atoms with Crippen molar-refractivity contribution in [1.29, 1.82) is 0 Å². The highest BCUT2D eigenvalue weighted by Gasteiger charge is 2.28. The number of nitrogens with one attached hydrogen (secondary N) is 1. The Balaban J connectivity index is 1.43. The lowest BCUT2D eigenvalue weighted by Gasteiger charge is -2.36. The number of para-hydroxylation sites is 1. The van der Waals surface area contributed by atoms with E-state index in [1.807, 2.05) is 11.0 Å². The molecule has 1 saturated heterocycles. The van der Waals surface area contributed by atoms with E-state index in [9.17, 15) is 4.79 Å². The Labute approximate surface area is 127 Å². The molecule has 1 saturated carbocycles. The second kappa shape index (κ2) is 6.48. The maximum atomic E-state index is 12.2. The van der Waals surface area contributed by atoms with Gasteiger partial charge in [0.15, 0.2) is 0 Å². The molecule has 0 radical (unpaired) electrons. The first-order valence-electron chi connectivity index (χ1n) is 8.05. The number of hydrogen-bond donors (Lipinski definition) is 1. The number of anilines is 1. The van der Waals surface area contributed by atoms with Crippen LogP contribution in [0.2, 0.25) is 0 Å². The van der Waals surface area contributed by atoms with Gasteiger partial charge in [-0.3, -0.25) is 4.79 Å². The van der Waals surface area contributed by atoms with Crippen LogP contribution in [0, 0.1) is 5.92 Å². The number of hydrogen-bond acceptors (Lipinski definition) is 3. The van der Waals surface area contributed by atoms with Crippen molar-refractivity contribution in [2.24, 2.45) is 5.92 Å². The van der Waals surface area contributed by atoms with Crippen LogP contribution in [0.25, 0.3) is 0 Å². The Bertz CT molecular complexity index is 464. The summed E-state index contributed by atoms with van der Waals surface area (Å²) < 4.78 is 0. The monoisotopic (exact) mass is 287 g/mol. The lowest BCUT2D eigenvalue weighted by Crippen LogP contribution is -2.51. The van der Waals surface area contributed by atoms with E-state index >= 15 is 0 Å². The van der Waals surface area contributed by atoms with Gasteiger partial charge < -0.3 is 15.1 Å². The van der Waals surface area contributed by atoms with Crippen molar-refractivity contribution in [1.82, 2.24) is 10.2 Å². The summed E-state index contributed by atoms with van der Waals surface area (Å²) in [4.78, 5) is 16.6. The molecule has 4 heteroatoms. The minimum atomic E-state index is 0.246. The van der Waals surface area contributed by atoms with Crippen LogP contribution in [-0.4, -0.2) is 49.6 Å². The van der Waals surface area contributed by atoms with E-state index in [2.05, 4.69) is 41.4 Å². The first kappa shape index (κ1) is 14.4. The highest BCUT2D eigenvalue weighted by molar-refractivity contribution is 5.78. The van der Waals surface area contributed by atoms with Gasteiger partial charge in [-0.2, -0.15) is 0 Å². The number of rotatable bonds is 5. The molecular weight excluding hydrogens is 262 g/mol. The predicted octanol–water partition coefficient (Wildman–Crippen LogP) is 1.72. The smallest absolute Gasteiger partial charge is 0.236 e. The Kier molecular flexibility index (Phi) is 4.44. The van der Waals surface area contributed by atoms with E-state index in [0.29, 0.717) is 12.6 Å². The molecule has 0 spiro atoms. The molecule has 1 atom stereocenters. The molecule has 1 N–H and O–H groups in total. The molecule has 21 heavy (non-hydrogen) atoms. The number of carbonyl (C=O) groups excluding carboxylic acids is 1. The molecule has 1 aromatic rings. The summed E-state index contributed by atoms with van der Waals surface area (Å²) in [5, 5.41) is 3.38. The number of piperazine rings is 1. The zero-order valence-electron chi connectivity index (χ0n) is 12.8. The van der Waals surface area contributed by atoms with Gasteiger partial charge in [0.05, 0.1) is 6.54 Å². The first-order chi connectivity index (χ1) is 10.2. The van der Waals surface area contributed by atoms with Gasteiger partial charge in [0.2, 0.25) is 5.91 Å².